The van der Waals surface area contributed by atoms with Crippen LogP contribution in [0.4, 0.5) is 5.69 Å². The van der Waals surface area contributed by atoms with E-state index in [1.807, 2.05) is 54.6 Å². The number of rotatable bonds is 3. The van der Waals surface area contributed by atoms with E-state index in [2.05, 4.69) is 12.1 Å². The van der Waals surface area contributed by atoms with Crippen molar-refractivity contribution in [2.75, 3.05) is 0 Å². The summed E-state index contributed by atoms with van der Waals surface area (Å²) in [7, 11) is 0. The Morgan fingerprint density at radius 1 is 1.00 bits per heavy atom. The molecule has 0 saturated heterocycles. The Morgan fingerprint density at radius 3 is 2.39 bits per heavy atom. The van der Waals surface area contributed by atoms with E-state index in [-0.39, 0.29) is 17.4 Å². The molecule has 3 atom stereocenters. The van der Waals surface area contributed by atoms with Crippen LogP contribution in [0.1, 0.15) is 52.2 Å². The van der Waals surface area contributed by atoms with Crippen molar-refractivity contribution in [3.8, 4) is 0 Å². The molecule has 1 heterocycles. The van der Waals surface area contributed by atoms with Gasteiger partial charge >= 0.3 is 0 Å². The van der Waals surface area contributed by atoms with E-state index in [0.29, 0.717) is 23.3 Å². The van der Waals surface area contributed by atoms with E-state index in [4.69, 9.17) is 4.84 Å². The Bertz CT molecular complexity index is 1200. The molecule has 31 heavy (non-hydrogen) atoms. The Hall–Kier alpha value is -3.80. The Kier molecular flexibility index (Phi) is 4.43. The van der Waals surface area contributed by atoms with E-state index in [1.54, 1.807) is 12.1 Å². The standard InChI is InChI=1S/C25H20N2O4/c1-16-15-25(24(28)21-10-6-5-9-20(16)21)22(17-7-3-2-4-8-17)23(26-31-25)18-11-13-19(14-12-18)27(29)30/h2-14,16,22H,15H2,1H3. The number of nitro benzene ring substituents is 1. The van der Waals surface area contributed by atoms with Crippen LogP contribution in [0, 0.1) is 10.1 Å². The number of Topliss-reactive ketones (excluding diaryl/α,β-unsaturated/α-hetero) is 1. The first-order valence-electron chi connectivity index (χ1n) is 10.2. The molecule has 3 unspecified atom stereocenters. The second-order valence-corrected chi connectivity index (χ2v) is 8.13. The maximum Gasteiger partial charge on any atom is 0.269 e. The summed E-state index contributed by atoms with van der Waals surface area (Å²) in [4.78, 5) is 30.5. The van der Waals surface area contributed by atoms with Crippen molar-refractivity contribution in [1.82, 2.24) is 0 Å². The van der Waals surface area contributed by atoms with E-state index >= 15 is 0 Å². The first kappa shape index (κ1) is 19.2. The predicted octanol–water partition coefficient (Wildman–Crippen LogP) is 5.24. The largest absolute Gasteiger partial charge is 0.379 e. The summed E-state index contributed by atoms with van der Waals surface area (Å²) in [6.07, 6.45) is 0.502. The number of benzene rings is 3. The van der Waals surface area contributed by atoms with Gasteiger partial charge in [0.05, 0.1) is 16.6 Å². The van der Waals surface area contributed by atoms with Crippen molar-refractivity contribution >= 4 is 17.2 Å². The summed E-state index contributed by atoms with van der Waals surface area (Å²) < 4.78 is 0. The number of carbonyl (C=O) groups excluding carboxylic acids is 1. The lowest BCUT2D eigenvalue weighted by atomic mass is 9.65. The highest BCUT2D eigenvalue weighted by molar-refractivity contribution is 6.15. The smallest absolute Gasteiger partial charge is 0.269 e. The quantitative estimate of drug-likeness (QED) is 0.435. The molecule has 2 aliphatic rings. The fraction of sp³-hybridized carbons (Fsp3) is 0.200. The molecule has 0 amide bonds. The van der Waals surface area contributed by atoms with E-state index in [1.165, 1.54) is 12.1 Å². The summed E-state index contributed by atoms with van der Waals surface area (Å²) >= 11 is 0. The van der Waals surface area contributed by atoms with Gasteiger partial charge in [-0.15, -0.1) is 0 Å². The lowest BCUT2D eigenvalue weighted by Crippen LogP contribution is -2.49. The summed E-state index contributed by atoms with van der Waals surface area (Å²) in [6, 6.07) is 23.6. The third-order valence-electron chi connectivity index (χ3n) is 6.28. The highest BCUT2D eigenvalue weighted by atomic mass is 16.7. The number of hydrogen-bond donors (Lipinski definition) is 0. The SMILES string of the molecule is CC1CC2(ON=C(c3ccc([N+](=O)[O-])cc3)C2c2ccccc2)C(=O)c2ccccc21. The molecule has 0 N–H and O–H groups in total. The molecule has 6 nitrogen and oxygen atoms in total. The normalized spacial score (nSPS) is 24.4. The first-order chi connectivity index (χ1) is 15.0. The lowest BCUT2D eigenvalue weighted by Gasteiger charge is -2.38. The number of nitrogens with zero attached hydrogens (tertiary/aromatic N) is 2. The van der Waals surface area contributed by atoms with Crippen LogP contribution in [0.3, 0.4) is 0 Å². The third-order valence-corrected chi connectivity index (χ3v) is 6.28. The van der Waals surface area contributed by atoms with Crippen molar-refractivity contribution in [2.24, 2.45) is 5.16 Å². The Balaban J connectivity index is 1.64. The van der Waals surface area contributed by atoms with Gasteiger partial charge in [-0.05, 0) is 29.2 Å². The zero-order valence-electron chi connectivity index (χ0n) is 16.9. The topological polar surface area (TPSA) is 81.8 Å². The van der Waals surface area contributed by atoms with Crippen LogP contribution in [0.25, 0.3) is 0 Å². The molecule has 6 heteroatoms. The van der Waals surface area contributed by atoms with Gasteiger partial charge < -0.3 is 4.84 Å². The number of nitro groups is 1. The monoisotopic (exact) mass is 412 g/mol. The van der Waals surface area contributed by atoms with Crippen LogP contribution in [0.15, 0.2) is 84.0 Å². The van der Waals surface area contributed by atoms with Gasteiger partial charge in [-0.3, -0.25) is 14.9 Å². The molecule has 3 aromatic carbocycles. The minimum Gasteiger partial charge on any atom is -0.379 e. The zero-order valence-corrected chi connectivity index (χ0v) is 16.9. The molecule has 0 radical (unpaired) electrons. The van der Waals surface area contributed by atoms with Crippen molar-refractivity contribution in [3.63, 3.8) is 0 Å². The fourth-order valence-corrected chi connectivity index (χ4v) is 4.85. The van der Waals surface area contributed by atoms with Gasteiger partial charge in [-0.1, -0.05) is 66.7 Å². The molecule has 1 spiro atoms. The molecule has 154 valence electrons. The molecular formula is C25H20N2O4. The molecule has 1 aliphatic carbocycles. The first-order valence-corrected chi connectivity index (χ1v) is 10.2. The number of oxime groups is 1. The number of carbonyl (C=O) groups is 1. The summed E-state index contributed by atoms with van der Waals surface area (Å²) in [5.74, 6) is -0.374. The van der Waals surface area contributed by atoms with Crippen LogP contribution in [-0.2, 0) is 4.84 Å². The highest BCUT2D eigenvalue weighted by Gasteiger charge is 2.58. The average molecular weight is 412 g/mol. The van der Waals surface area contributed by atoms with Crippen LogP contribution < -0.4 is 0 Å². The van der Waals surface area contributed by atoms with E-state index in [0.717, 1.165) is 11.1 Å². The Labute approximate surface area is 179 Å². The number of hydrogen-bond acceptors (Lipinski definition) is 5. The van der Waals surface area contributed by atoms with E-state index < -0.39 is 16.4 Å². The molecule has 1 aliphatic heterocycles. The van der Waals surface area contributed by atoms with Crippen LogP contribution in [0.5, 0.6) is 0 Å². The van der Waals surface area contributed by atoms with Crippen molar-refractivity contribution in [1.29, 1.82) is 0 Å². The van der Waals surface area contributed by atoms with Crippen LogP contribution >= 0.6 is 0 Å². The highest BCUT2D eigenvalue weighted by Crippen LogP contribution is 2.50. The number of fused-ring (bicyclic) bond motifs is 1. The average Bonchev–Trinajstić information content (AvgIpc) is 3.18. The van der Waals surface area contributed by atoms with Gasteiger partial charge in [-0.2, -0.15) is 0 Å². The van der Waals surface area contributed by atoms with Crippen molar-refractivity contribution < 1.29 is 14.6 Å². The van der Waals surface area contributed by atoms with Crippen molar-refractivity contribution in [3.05, 3.63) is 111 Å². The summed E-state index contributed by atoms with van der Waals surface area (Å²) in [5.41, 5.74) is 2.80. The van der Waals surface area contributed by atoms with Gasteiger partial charge in [0.2, 0.25) is 11.4 Å². The molecule has 0 bridgehead atoms. The maximum atomic E-state index is 13.8. The van der Waals surface area contributed by atoms with Crippen LogP contribution in [0.2, 0.25) is 0 Å². The lowest BCUT2D eigenvalue weighted by molar-refractivity contribution is -0.384. The second-order valence-electron chi connectivity index (χ2n) is 8.13. The van der Waals surface area contributed by atoms with Gasteiger partial charge in [-0.25, -0.2) is 0 Å². The maximum absolute atomic E-state index is 13.8. The van der Waals surface area contributed by atoms with Gasteiger partial charge in [0.1, 0.15) is 0 Å². The zero-order chi connectivity index (χ0) is 21.6. The van der Waals surface area contributed by atoms with Crippen molar-refractivity contribution in [2.45, 2.75) is 30.8 Å². The second kappa shape index (κ2) is 7.16. The molecular weight excluding hydrogens is 392 g/mol. The Morgan fingerprint density at radius 2 is 1.68 bits per heavy atom. The predicted molar refractivity (Wildman–Crippen MR) is 116 cm³/mol. The van der Waals surface area contributed by atoms with Crippen LogP contribution in [-0.4, -0.2) is 22.0 Å². The molecule has 0 aromatic heterocycles. The van der Waals surface area contributed by atoms with Gasteiger partial charge in [0.25, 0.3) is 5.69 Å². The fourth-order valence-electron chi connectivity index (χ4n) is 4.85. The third kappa shape index (κ3) is 2.94. The van der Waals surface area contributed by atoms with E-state index in [9.17, 15) is 14.9 Å². The number of ketones is 1. The van der Waals surface area contributed by atoms with Gasteiger partial charge in [0, 0.05) is 29.7 Å². The molecule has 0 saturated carbocycles. The van der Waals surface area contributed by atoms with Gasteiger partial charge in [0.15, 0.2) is 0 Å². The minimum absolute atomic E-state index is 0.00512. The minimum atomic E-state index is -1.15. The summed E-state index contributed by atoms with van der Waals surface area (Å²) in [6.45, 7) is 2.10. The molecule has 3 aromatic rings. The number of non-ortho nitro benzene ring substituents is 1. The molecule has 5 rings (SSSR count). The molecule has 0 fully saturated rings. The summed E-state index contributed by atoms with van der Waals surface area (Å²) in [5, 5.41) is 15.5.